The molecule has 0 saturated heterocycles. The van der Waals surface area contributed by atoms with Gasteiger partial charge in [-0.05, 0) is 169 Å². The zero-order valence-electron chi connectivity index (χ0n) is 38.4. The lowest BCUT2D eigenvalue weighted by Gasteiger charge is -2.35. The van der Waals surface area contributed by atoms with Gasteiger partial charge in [0.1, 0.15) is 0 Å². The fourth-order valence-corrected chi connectivity index (χ4v) is 10.0. The van der Waals surface area contributed by atoms with Crippen LogP contribution in [0.25, 0.3) is 43.8 Å². The number of unbranched alkanes of at least 4 members (excludes halogenated alkanes) is 3. The lowest BCUT2D eigenvalue weighted by atomic mass is 9.85. The Labute approximate surface area is 387 Å². The van der Waals surface area contributed by atoms with Gasteiger partial charge in [-0.15, -0.1) is 0 Å². The van der Waals surface area contributed by atoms with E-state index in [0.717, 1.165) is 40.5 Å². The van der Waals surface area contributed by atoms with Crippen molar-refractivity contribution in [3.05, 3.63) is 218 Å². The SMILES string of the molecule is CC[N+](CC)(CC)CCCCCCc1ccc(N(c2ccccc2)c2ccc3c(-c4ccccc4)c4cc(N(c5ccccc5)c5ccccc5)ccc4c(-c4ccccc4)c3c2)cc1. The minimum atomic E-state index is 1.11. The van der Waals surface area contributed by atoms with Gasteiger partial charge in [0.15, 0.2) is 0 Å². The number of anilines is 6. The predicted octanol–water partition coefficient (Wildman–Crippen LogP) is 17.2. The Balaban J connectivity index is 1.15. The first kappa shape index (κ1) is 43.3. The van der Waals surface area contributed by atoms with Crippen LogP contribution in [0.4, 0.5) is 34.1 Å². The Morgan fingerprint density at radius 2 is 0.677 bits per heavy atom. The van der Waals surface area contributed by atoms with Crippen LogP contribution in [0.15, 0.2) is 212 Å². The molecule has 0 aliphatic rings. The molecule has 0 atom stereocenters. The summed E-state index contributed by atoms with van der Waals surface area (Å²) < 4.78 is 1.25. The smallest absolute Gasteiger partial charge is 0.0786 e. The molecule has 0 aromatic heterocycles. The first-order valence-electron chi connectivity index (χ1n) is 23.9. The van der Waals surface area contributed by atoms with Gasteiger partial charge in [0, 0.05) is 34.1 Å². The summed E-state index contributed by atoms with van der Waals surface area (Å²) in [7, 11) is 0. The molecule has 0 amide bonds. The number of aryl methyl sites for hydroxylation is 1. The zero-order valence-corrected chi connectivity index (χ0v) is 38.4. The predicted molar refractivity (Wildman–Crippen MR) is 281 cm³/mol. The largest absolute Gasteiger partial charge is 0.324 e. The normalized spacial score (nSPS) is 11.6. The molecule has 0 spiro atoms. The highest BCUT2D eigenvalue weighted by Crippen LogP contribution is 2.48. The maximum atomic E-state index is 2.43. The number of rotatable bonds is 18. The van der Waals surface area contributed by atoms with Gasteiger partial charge >= 0.3 is 0 Å². The van der Waals surface area contributed by atoms with Crippen molar-refractivity contribution in [2.45, 2.75) is 52.9 Å². The van der Waals surface area contributed by atoms with Crippen LogP contribution in [-0.4, -0.2) is 30.7 Å². The Kier molecular flexibility index (Phi) is 13.5. The molecule has 9 rings (SSSR count). The lowest BCUT2D eigenvalue weighted by molar-refractivity contribution is -0.923. The fourth-order valence-electron chi connectivity index (χ4n) is 10.0. The minimum absolute atomic E-state index is 1.11. The molecule has 0 fully saturated rings. The molecular weight excluding hydrogens is 787 g/mol. The van der Waals surface area contributed by atoms with Crippen molar-refractivity contribution in [2.75, 3.05) is 36.0 Å². The highest BCUT2D eigenvalue weighted by Gasteiger charge is 2.23. The van der Waals surface area contributed by atoms with Crippen LogP contribution in [-0.2, 0) is 6.42 Å². The van der Waals surface area contributed by atoms with E-state index < -0.39 is 0 Å². The summed E-state index contributed by atoms with van der Waals surface area (Å²) in [5, 5.41) is 4.89. The Morgan fingerprint density at radius 1 is 0.323 bits per heavy atom. The molecule has 0 unspecified atom stereocenters. The third kappa shape index (κ3) is 9.34. The molecule has 324 valence electrons. The number of hydrogen-bond acceptors (Lipinski definition) is 2. The Morgan fingerprint density at radius 3 is 1.08 bits per heavy atom. The van der Waals surface area contributed by atoms with E-state index in [1.165, 1.54) is 106 Å². The van der Waals surface area contributed by atoms with Gasteiger partial charge < -0.3 is 14.3 Å². The second-order valence-corrected chi connectivity index (χ2v) is 17.5. The number of fused-ring (bicyclic) bond motifs is 2. The molecule has 3 heteroatoms. The first-order chi connectivity index (χ1) is 32.1. The van der Waals surface area contributed by atoms with Crippen molar-refractivity contribution in [1.29, 1.82) is 0 Å². The third-order valence-corrected chi connectivity index (χ3v) is 13.8. The van der Waals surface area contributed by atoms with E-state index in [1.807, 2.05) is 0 Å². The van der Waals surface area contributed by atoms with Crippen molar-refractivity contribution in [2.24, 2.45) is 0 Å². The van der Waals surface area contributed by atoms with Gasteiger partial charge in [0.2, 0.25) is 0 Å². The van der Waals surface area contributed by atoms with Crippen molar-refractivity contribution in [3.8, 4) is 22.3 Å². The maximum absolute atomic E-state index is 2.43. The first-order valence-corrected chi connectivity index (χ1v) is 23.9. The molecule has 9 aromatic rings. The average molecular weight is 849 g/mol. The molecule has 9 aromatic carbocycles. The summed E-state index contributed by atoms with van der Waals surface area (Å²) >= 11 is 0. The molecule has 0 saturated carbocycles. The number of quaternary nitrogens is 1. The number of hydrogen-bond donors (Lipinski definition) is 0. The number of benzene rings is 9. The van der Waals surface area contributed by atoms with Crippen molar-refractivity contribution < 1.29 is 4.48 Å². The highest BCUT2D eigenvalue weighted by atomic mass is 15.3. The second kappa shape index (κ2) is 20.3. The number of nitrogens with zero attached hydrogens (tertiary/aromatic N) is 3. The van der Waals surface area contributed by atoms with E-state index in [-0.39, 0.29) is 0 Å². The fraction of sp³-hybridized carbons (Fsp3) is 0.194. The van der Waals surface area contributed by atoms with Gasteiger partial charge in [-0.2, -0.15) is 0 Å². The van der Waals surface area contributed by atoms with Gasteiger partial charge in [0.05, 0.1) is 26.2 Å². The standard InChI is InChI=1S/C62H62N3/c1-4-65(5-2,6-3)45-25-8-7-14-26-48-37-39-54(40-38-48)64(53-35-23-13-24-36-53)56-42-44-58-60(47-56)62(50-29-17-10-18-30-50)57-43-41-55(46-59(57)61(58)49-27-15-9-16-28-49)63(51-31-19-11-20-32-51)52-33-21-12-22-34-52/h9-13,15-24,27-44,46-47H,4-8,14,25-26,45H2,1-3H3/q+1. The molecule has 0 aliphatic heterocycles. The Hall–Kier alpha value is -6.94. The minimum Gasteiger partial charge on any atom is -0.324 e. The van der Waals surface area contributed by atoms with Gasteiger partial charge in [-0.1, -0.05) is 146 Å². The van der Waals surface area contributed by atoms with E-state index in [9.17, 15) is 0 Å². The molecule has 0 radical (unpaired) electrons. The molecule has 0 aliphatic carbocycles. The summed E-state index contributed by atoms with van der Waals surface area (Å²) in [5.41, 5.74) is 13.1. The van der Waals surface area contributed by atoms with E-state index in [2.05, 4.69) is 243 Å². The second-order valence-electron chi connectivity index (χ2n) is 17.5. The van der Waals surface area contributed by atoms with Crippen LogP contribution >= 0.6 is 0 Å². The third-order valence-electron chi connectivity index (χ3n) is 13.8. The molecular formula is C62H62N3+. The quantitative estimate of drug-likeness (QED) is 0.0482. The topological polar surface area (TPSA) is 6.48 Å². The van der Waals surface area contributed by atoms with Gasteiger partial charge in [-0.25, -0.2) is 0 Å². The van der Waals surface area contributed by atoms with E-state index >= 15 is 0 Å². The Bertz CT molecular complexity index is 2860. The van der Waals surface area contributed by atoms with E-state index in [0.29, 0.717) is 0 Å². The summed E-state index contributed by atoms with van der Waals surface area (Å²) in [6.45, 7) is 12.1. The molecule has 65 heavy (non-hydrogen) atoms. The number of para-hydroxylation sites is 3. The van der Waals surface area contributed by atoms with Gasteiger partial charge in [-0.3, -0.25) is 0 Å². The lowest BCUT2D eigenvalue weighted by Crippen LogP contribution is -2.48. The van der Waals surface area contributed by atoms with Crippen molar-refractivity contribution in [3.63, 3.8) is 0 Å². The van der Waals surface area contributed by atoms with Crippen LogP contribution in [0.5, 0.6) is 0 Å². The van der Waals surface area contributed by atoms with Crippen molar-refractivity contribution in [1.82, 2.24) is 0 Å². The highest BCUT2D eigenvalue weighted by molar-refractivity contribution is 6.22. The van der Waals surface area contributed by atoms with Crippen molar-refractivity contribution >= 4 is 55.7 Å². The molecule has 3 nitrogen and oxygen atoms in total. The van der Waals surface area contributed by atoms with Crippen LogP contribution in [0.2, 0.25) is 0 Å². The van der Waals surface area contributed by atoms with E-state index in [1.54, 1.807) is 0 Å². The summed E-state index contributed by atoms with van der Waals surface area (Å²) in [4.78, 5) is 4.79. The molecule has 0 bridgehead atoms. The molecule has 0 N–H and O–H groups in total. The van der Waals surface area contributed by atoms with Crippen LogP contribution in [0.1, 0.15) is 52.0 Å². The molecule has 0 heterocycles. The summed E-state index contributed by atoms with van der Waals surface area (Å²) in [6, 6.07) is 77.7. The van der Waals surface area contributed by atoms with E-state index in [4.69, 9.17) is 0 Å². The van der Waals surface area contributed by atoms with Gasteiger partial charge in [0.25, 0.3) is 0 Å². The summed E-state index contributed by atoms with van der Waals surface area (Å²) in [5.74, 6) is 0. The average Bonchev–Trinajstić information content (AvgIpc) is 3.37. The van der Waals surface area contributed by atoms with Crippen LogP contribution < -0.4 is 9.80 Å². The summed E-state index contributed by atoms with van der Waals surface area (Å²) in [6.07, 6.45) is 6.27. The maximum Gasteiger partial charge on any atom is 0.0786 e. The zero-order chi connectivity index (χ0) is 44.4. The monoisotopic (exact) mass is 848 g/mol. The van der Waals surface area contributed by atoms with Crippen LogP contribution in [0.3, 0.4) is 0 Å². The van der Waals surface area contributed by atoms with Crippen LogP contribution in [0, 0.1) is 0 Å².